The zero-order chi connectivity index (χ0) is 24.7. The highest BCUT2D eigenvalue weighted by atomic mass is 127. The number of hydrogen-bond acceptors (Lipinski definition) is 6. The molecule has 0 radical (unpaired) electrons. The van der Waals surface area contributed by atoms with Crippen molar-refractivity contribution in [2.75, 3.05) is 44.8 Å². The van der Waals surface area contributed by atoms with Gasteiger partial charge in [-0.05, 0) is 65.8 Å². The molecule has 2 heterocycles. The van der Waals surface area contributed by atoms with Gasteiger partial charge in [-0.3, -0.25) is 13.7 Å². The van der Waals surface area contributed by atoms with Crippen molar-refractivity contribution in [2.45, 2.75) is 12.8 Å². The van der Waals surface area contributed by atoms with Crippen molar-refractivity contribution in [3.05, 3.63) is 45.3 Å². The van der Waals surface area contributed by atoms with E-state index in [-0.39, 0.29) is 35.3 Å². The van der Waals surface area contributed by atoms with Crippen molar-refractivity contribution in [3.8, 4) is 11.3 Å². The van der Waals surface area contributed by atoms with E-state index in [1.807, 2.05) is 22.6 Å². The molecule has 9 nitrogen and oxygen atoms in total. The van der Waals surface area contributed by atoms with Crippen LogP contribution in [0.3, 0.4) is 0 Å². The van der Waals surface area contributed by atoms with Gasteiger partial charge in [-0.25, -0.2) is 8.60 Å². The molecule has 1 unspecified atom stereocenters. The van der Waals surface area contributed by atoms with Gasteiger partial charge in [0, 0.05) is 32.9 Å². The first-order chi connectivity index (χ1) is 16.4. The number of hydrogen-bond donors (Lipinski definition) is 2. The zero-order valence-corrected chi connectivity index (χ0v) is 21.7. The minimum atomic E-state index is -2.32. The van der Waals surface area contributed by atoms with Crippen LogP contribution >= 0.6 is 22.6 Å². The van der Waals surface area contributed by atoms with E-state index in [1.54, 1.807) is 13.2 Å². The summed E-state index contributed by atoms with van der Waals surface area (Å²) in [4.78, 5) is 17.1. The van der Waals surface area contributed by atoms with Crippen LogP contribution in [-0.4, -0.2) is 60.2 Å². The van der Waals surface area contributed by atoms with Gasteiger partial charge in [-0.15, -0.1) is 0 Å². The number of fused-ring (bicyclic) bond motifs is 1. The second kappa shape index (κ2) is 12.5. The fraction of sp³-hybridized carbons (Fsp3) is 0.364. The molecule has 1 atom stereocenters. The molecule has 0 aliphatic heterocycles. The maximum Gasteiger partial charge on any atom is 0.263 e. The quantitative estimate of drug-likeness (QED) is 0.182. The van der Waals surface area contributed by atoms with Gasteiger partial charge in [-0.2, -0.15) is 4.98 Å². The number of amides is 1. The third-order valence-corrected chi connectivity index (χ3v) is 6.46. The topological polar surface area (TPSA) is 114 Å². The molecule has 0 aliphatic carbocycles. The Labute approximate surface area is 212 Å². The first-order valence-corrected chi connectivity index (χ1v) is 12.6. The van der Waals surface area contributed by atoms with Gasteiger partial charge < -0.3 is 19.2 Å². The van der Waals surface area contributed by atoms with Gasteiger partial charge in [0.15, 0.2) is 5.82 Å². The maximum absolute atomic E-state index is 13.4. The normalized spacial score (nSPS) is 12.1. The Hall–Kier alpha value is -2.13. The second-order valence-corrected chi connectivity index (χ2v) is 9.25. The molecule has 0 aliphatic rings. The van der Waals surface area contributed by atoms with Crippen LogP contribution in [0, 0.1) is 9.39 Å². The standard InChI is InChI=1S/C22H25FIN3O6S/c1-25-21(28)18-16-13-17(24)20(27(34(29)30)9-3-4-10-32-12-11-31-2)26-22(16)33-19(18)14-5-7-15(23)8-6-14/h5-8,13H,3-4,9-12H2,1-2H3,(H,25,28)(H,29,30). The maximum atomic E-state index is 13.4. The number of furan rings is 1. The molecule has 3 rings (SSSR count). The van der Waals surface area contributed by atoms with Crippen LogP contribution in [0.4, 0.5) is 10.2 Å². The average molecular weight is 605 g/mol. The minimum Gasteiger partial charge on any atom is -0.437 e. The lowest BCUT2D eigenvalue weighted by Gasteiger charge is -2.20. The van der Waals surface area contributed by atoms with Gasteiger partial charge in [0.25, 0.3) is 17.2 Å². The van der Waals surface area contributed by atoms with Gasteiger partial charge >= 0.3 is 0 Å². The van der Waals surface area contributed by atoms with Crippen LogP contribution in [0.25, 0.3) is 22.4 Å². The van der Waals surface area contributed by atoms with Gasteiger partial charge in [0.05, 0.1) is 27.7 Å². The highest BCUT2D eigenvalue weighted by molar-refractivity contribution is 14.1. The lowest BCUT2D eigenvalue weighted by Crippen LogP contribution is -2.28. The van der Waals surface area contributed by atoms with E-state index in [9.17, 15) is 17.9 Å². The summed E-state index contributed by atoms with van der Waals surface area (Å²) in [5, 5.41) is 3.03. The summed E-state index contributed by atoms with van der Waals surface area (Å²) in [6.07, 6.45) is 1.28. The highest BCUT2D eigenvalue weighted by Crippen LogP contribution is 2.36. The Kier molecular flexibility index (Phi) is 9.76. The monoisotopic (exact) mass is 605 g/mol. The third kappa shape index (κ3) is 6.30. The number of anilines is 1. The van der Waals surface area contributed by atoms with Crippen LogP contribution in [0.15, 0.2) is 34.7 Å². The summed E-state index contributed by atoms with van der Waals surface area (Å²) in [6, 6.07) is 7.25. The van der Waals surface area contributed by atoms with Crippen LogP contribution in [0.5, 0.6) is 0 Å². The molecule has 12 heteroatoms. The Morgan fingerprint density at radius 2 is 2.00 bits per heavy atom. The summed E-state index contributed by atoms with van der Waals surface area (Å²) in [7, 11) is 3.10. The number of aromatic nitrogens is 1. The van der Waals surface area contributed by atoms with E-state index >= 15 is 0 Å². The molecule has 0 saturated carbocycles. The molecule has 0 spiro atoms. The minimum absolute atomic E-state index is 0.131. The fourth-order valence-corrected chi connectivity index (χ4v) is 4.74. The number of unbranched alkanes of at least 4 members (excludes halogenated alkanes) is 1. The summed E-state index contributed by atoms with van der Waals surface area (Å²) in [6.45, 7) is 1.77. The first-order valence-electron chi connectivity index (χ1n) is 10.4. The molecular formula is C22H25FIN3O6S. The predicted octanol–water partition coefficient (Wildman–Crippen LogP) is 3.98. The van der Waals surface area contributed by atoms with E-state index in [2.05, 4.69) is 10.3 Å². The summed E-state index contributed by atoms with van der Waals surface area (Å²) in [5.41, 5.74) is 0.892. The van der Waals surface area contributed by atoms with Crippen molar-refractivity contribution in [1.82, 2.24) is 10.3 Å². The van der Waals surface area contributed by atoms with Gasteiger partial charge in [0.1, 0.15) is 11.6 Å². The second-order valence-electron chi connectivity index (χ2n) is 7.18. The predicted molar refractivity (Wildman–Crippen MR) is 136 cm³/mol. The zero-order valence-electron chi connectivity index (χ0n) is 18.7. The summed E-state index contributed by atoms with van der Waals surface area (Å²) < 4.78 is 53.5. The molecule has 3 aromatic rings. The molecule has 0 bridgehead atoms. The number of nitrogens with zero attached hydrogens (tertiary/aromatic N) is 2. The molecular weight excluding hydrogens is 580 g/mol. The third-order valence-electron chi connectivity index (χ3n) is 4.93. The number of carbonyl (C=O) groups excluding carboxylic acids is 1. The Bertz CT molecular complexity index is 1160. The molecule has 0 saturated heterocycles. The van der Waals surface area contributed by atoms with Crippen molar-refractivity contribution in [3.63, 3.8) is 0 Å². The van der Waals surface area contributed by atoms with Crippen molar-refractivity contribution >= 4 is 56.7 Å². The molecule has 0 fully saturated rings. The SMILES string of the molecule is CNC(=O)c1c(-c2ccc(F)cc2)oc2nc(N(CCCCOCCOC)S(=O)O)c(I)cc12. The van der Waals surface area contributed by atoms with Crippen molar-refractivity contribution in [1.29, 1.82) is 0 Å². The van der Waals surface area contributed by atoms with E-state index in [4.69, 9.17) is 13.9 Å². The van der Waals surface area contributed by atoms with Gasteiger partial charge in [-0.1, -0.05) is 0 Å². The van der Waals surface area contributed by atoms with Crippen molar-refractivity contribution < 1.29 is 31.8 Å². The Morgan fingerprint density at radius 3 is 2.65 bits per heavy atom. The van der Waals surface area contributed by atoms with Crippen LogP contribution in [-0.2, 0) is 20.7 Å². The van der Waals surface area contributed by atoms with E-state index < -0.39 is 17.1 Å². The first kappa shape index (κ1) is 26.5. The number of rotatable bonds is 12. The average Bonchev–Trinajstić information content (AvgIpc) is 3.18. The molecule has 2 N–H and O–H groups in total. The number of benzene rings is 1. The van der Waals surface area contributed by atoms with Crippen LogP contribution < -0.4 is 9.62 Å². The highest BCUT2D eigenvalue weighted by Gasteiger charge is 2.26. The lowest BCUT2D eigenvalue weighted by atomic mass is 10.1. The van der Waals surface area contributed by atoms with Gasteiger partial charge in [0.2, 0.25) is 5.71 Å². The molecule has 1 amide bonds. The van der Waals surface area contributed by atoms with E-state index in [0.717, 1.165) is 0 Å². The number of methoxy groups -OCH3 is 1. The number of carbonyl (C=O) groups is 1. The molecule has 1 aromatic carbocycles. The van der Waals surface area contributed by atoms with Crippen LogP contribution in [0.1, 0.15) is 23.2 Å². The van der Waals surface area contributed by atoms with E-state index in [1.165, 1.54) is 35.6 Å². The number of nitrogens with one attached hydrogen (secondary N) is 1. The number of ether oxygens (including phenoxy) is 2. The molecule has 2 aromatic heterocycles. The summed E-state index contributed by atoms with van der Waals surface area (Å²) >= 11 is -0.313. The number of halogens is 2. The largest absolute Gasteiger partial charge is 0.437 e. The number of pyridine rings is 1. The molecule has 184 valence electrons. The van der Waals surface area contributed by atoms with E-state index in [0.29, 0.717) is 47.2 Å². The summed E-state index contributed by atoms with van der Waals surface area (Å²) in [5.74, 6) is -0.308. The van der Waals surface area contributed by atoms with Crippen molar-refractivity contribution in [2.24, 2.45) is 0 Å². The Balaban J connectivity index is 1.92. The Morgan fingerprint density at radius 1 is 1.26 bits per heavy atom. The fourth-order valence-electron chi connectivity index (χ4n) is 3.28. The smallest absolute Gasteiger partial charge is 0.263 e. The molecule has 34 heavy (non-hydrogen) atoms. The van der Waals surface area contributed by atoms with Crippen LogP contribution in [0.2, 0.25) is 0 Å². The lowest BCUT2D eigenvalue weighted by molar-refractivity contribution is 0.0690.